The molecule has 0 radical (unpaired) electrons. The van der Waals surface area contributed by atoms with E-state index in [0.717, 1.165) is 49.7 Å². The predicted octanol–water partition coefficient (Wildman–Crippen LogP) is 3.25. The summed E-state index contributed by atoms with van der Waals surface area (Å²) in [5.41, 5.74) is 0. The third kappa shape index (κ3) is 4.70. The summed E-state index contributed by atoms with van der Waals surface area (Å²) in [4.78, 5) is 16.9. The Balaban J connectivity index is 1.67. The van der Waals surface area contributed by atoms with Gasteiger partial charge in [-0.1, -0.05) is 27.7 Å². The average Bonchev–Trinajstić information content (AvgIpc) is 2.94. The smallest absolute Gasteiger partial charge is 0.223 e. The molecule has 1 atom stereocenters. The SMILES string of the molecule is CC(C)C1CCN(C(=O)CCN2CCC(C(C)C)C2)CC1. The highest BCUT2D eigenvalue weighted by atomic mass is 16.2. The Kier molecular flexibility index (Phi) is 6.09. The molecule has 0 bridgehead atoms. The maximum atomic E-state index is 12.3. The van der Waals surface area contributed by atoms with Crippen molar-refractivity contribution in [1.82, 2.24) is 9.80 Å². The quantitative estimate of drug-likeness (QED) is 0.777. The fourth-order valence-electron chi connectivity index (χ4n) is 3.84. The molecule has 0 aromatic rings. The van der Waals surface area contributed by atoms with E-state index >= 15 is 0 Å². The summed E-state index contributed by atoms with van der Waals surface area (Å²) in [5.74, 6) is 3.58. The van der Waals surface area contributed by atoms with E-state index < -0.39 is 0 Å². The van der Waals surface area contributed by atoms with Crippen molar-refractivity contribution in [2.24, 2.45) is 23.7 Å². The fraction of sp³-hybridized carbons (Fsp3) is 0.944. The van der Waals surface area contributed by atoms with E-state index in [-0.39, 0.29) is 0 Å². The van der Waals surface area contributed by atoms with E-state index in [0.29, 0.717) is 5.91 Å². The summed E-state index contributed by atoms with van der Waals surface area (Å²) in [6.07, 6.45) is 4.42. The van der Waals surface area contributed by atoms with Gasteiger partial charge < -0.3 is 9.80 Å². The predicted molar refractivity (Wildman–Crippen MR) is 88.1 cm³/mol. The van der Waals surface area contributed by atoms with Crippen LogP contribution in [0.3, 0.4) is 0 Å². The number of carbonyl (C=O) groups is 1. The maximum Gasteiger partial charge on any atom is 0.223 e. The van der Waals surface area contributed by atoms with Crippen molar-refractivity contribution in [2.75, 3.05) is 32.7 Å². The highest BCUT2D eigenvalue weighted by Crippen LogP contribution is 2.26. The summed E-state index contributed by atoms with van der Waals surface area (Å²) >= 11 is 0. The molecule has 21 heavy (non-hydrogen) atoms. The number of amides is 1. The van der Waals surface area contributed by atoms with Crippen molar-refractivity contribution in [2.45, 2.75) is 53.4 Å². The first-order valence-electron chi connectivity index (χ1n) is 8.97. The lowest BCUT2D eigenvalue weighted by Crippen LogP contribution is -2.40. The molecule has 2 aliphatic rings. The molecule has 0 N–H and O–H groups in total. The zero-order valence-electron chi connectivity index (χ0n) is 14.5. The number of carbonyl (C=O) groups excluding carboxylic acids is 1. The monoisotopic (exact) mass is 294 g/mol. The molecule has 0 spiro atoms. The van der Waals surface area contributed by atoms with Crippen LogP contribution in [0, 0.1) is 23.7 Å². The number of rotatable bonds is 5. The van der Waals surface area contributed by atoms with E-state index in [1.807, 2.05) is 0 Å². The van der Waals surface area contributed by atoms with E-state index in [1.54, 1.807) is 0 Å². The third-order valence-corrected chi connectivity index (χ3v) is 5.73. The molecule has 3 nitrogen and oxygen atoms in total. The van der Waals surface area contributed by atoms with Crippen molar-refractivity contribution in [3.05, 3.63) is 0 Å². The molecule has 122 valence electrons. The Morgan fingerprint density at radius 2 is 1.52 bits per heavy atom. The zero-order valence-corrected chi connectivity index (χ0v) is 14.5. The Labute approximate surface area is 131 Å². The molecule has 2 aliphatic heterocycles. The van der Waals surface area contributed by atoms with E-state index in [2.05, 4.69) is 37.5 Å². The van der Waals surface area contributed by atoms with Crippen molar-refractivity contribution >= 4 is 5.91 Å². The van der Waals surface area contributed by atoms with Gasteiger partial charge in [-0.2, -0.15) is 0 Å². The molecule has 3 heteroatoms. The average molecular weight is 294 g/mol. The standard InChI is InChI=1S/C18H34N2O/c1-14(2)16-6-11-20(12-7-16)18(21)8-10-19-9-5-17(13-19)15(3)4/h14-17H,5-13H2,1-4H3. The van der Waals surface area contributed by atoms with Gasteiger partial charge in [0.15, 0.2) is 0 Å². The van der Waals surface area contributed by atoms with Crippen LogP contribution in [0.1, 0.15) is 53.4 Å². The summed E-state index contributed by atoms with van der Waals surface area (Å²) in [7, 11) is 0. The summed E-state index contributed by atoms with van der Waals surface area (Å²) < 4.78 is 0. The minimum absolute atomic E-state index is 0.380. The summed E-state index contributed by atoms with van der Waals surface area (Å²) in [6.45, 7) is 14.6. The molecule has 1 unspecified atom stereocenters. The molecule has 2 saturated heterocycles. The minimum Gasteiger partial charge on any atom is -0.343 e. The largest absolute Gasteiger partial charge is 0.343 e. The summed E-state index contributed by atoms with van der Waals surface area (Å²) in [5, 5.41) is 0. The van der Waals surface area contributed by atoms with Gasteiger partial charge in [-0.3, -0.25) is 4.79 Å². The molecule has 1 amide bonds. The van der Waals surface area contributed by atoms with Gasteiger partial charge in [-0.15, -0.1) is 0 Å². The van der Waals surface area contributed by atoms with E-state index in [9.17, 15) is 4.79 Å². The Bertz CT molecular complexity index is 332. The molecule has 0 aromatic carbocycles. The van der Waals surface area contributed by atoms with Gasteiger partial charge in [0.1, 0.15) is 0 Å². The van der Waals surface area contributed by atoms with Crippen LogP contribution in [-0.2, 0) is 4.79 Å². The van der Waals surface area contributed by atoms with Crippen molar-refractivity contribution in [1.29, 1.82) is 0 Å². The highest BCUT2D eigenvalue weighted by Gasteiger charge is 2.27. The van der Waals surface area contributed by atoms with Crippen molar-refractivity contribution in [3.8, 4) is 0 Å². The van der Waals surface area contributed by atoms with Gasteiger partial charge in [0.2, 0.25) is 5.91 Å². The lowest BCUT2D eigenvalue weighted by atomic mass is 9.86. The lowest BCUT2D eigenvalue weighted by Gasteiger charge is -2.34. The molecule has 0 aromatic heterocycles. The second-order valence-corrected chi connectivity index (χ2v) is 7.81. The van der Waals surface area contributed by atoms with Crippen molar-refractivity contribution in [3.63, 3.8) is 0 Å². The zero-order chi connectivity index (χ0) is 15.4. The van der Waals surface area contributed by atoms with Crippen LogP contribution in [0.25, 0.3) is 0 Å². The molecule has 2 fully saturated rings. The van der Waals surface area contributed by atoms with Crippen LogP contribution < -0.4 is 0 Å². The molecule has 2 heterocycles. The number of hydrogen-bond donors (Lipinski definition) is 0. The maximum absolute atomic E-state index is 12.3. The first-order valence-corrected chi connectivity index (χ1v) is 8.97. The summed E-state index contributed by atoms with van der Waals surface area (Å²) in [6, 6.07) is 0. The van der Waals surface area contributed by atoms with Gasteiger partial charge >= 0.3 is 0 Å². The van der Waals surface area contributed by atoms with Crippen LogP contribution in [0.15, 0.2) is 0 Å². The van der Waals surface area contributed by atoms with Gasteiger partial charge in [0, 0.05) is 32.6 Å². The highest BCUT2D eigenvalue weighted by molar-refractivity contribution is 5.76. The number of piperidine rings is 1. The molecule has 2 rings (SSSR count). The lowest BCUT2D eigenvalue weighted by molar-refractivity contribution is -0.133. The van der Waals surface area contributed by atoms with Gasteiger partial charge in [0.05, 0.1) is 0 Å². The fourth-order valence-corrected chi connectivity index (χ4v) is 3.84. The first-order chi connectivity index (χ1) is 9.97. The third-order valence-electron chi connectivity index (χ3n) is 5.73. The van der Waals surface area contributed by atoms with Crippen LogP contribution >= 0.6 is 0 Å². The second kappa shape index (κ2) is 7.62. The second-order valence-electron chi connectivity index (χ2n) is 7.81. The molecular weight excluding hydrogens is 260 g/mol. The first kappa shape index (κ1) is 16.8. The number of nitrogens with zero attached hydrogens (tertiary/aromatic N) is 2. The van der Waals surface area contributed by atoms with Gasteiger partial charge in [-0.05, 0) is 49.5 Å². The normalized spacial score (nSPS) is 25.2. The molecule has 0 aliphatic carbocycles. The van der Waals surface area contributed by atoms with Crippen LogP contribution in [0.2, 0.25) is 0 Å². The van der Waals surface area contributed by atoms with Crippen LogP contribution in [-0.4, -0.2) is 48.4 Å². The Hall–Kier alpha value is -0.570. The number of likely N-dealkylation sites (tertiary alicyclic amines) is 2. The topological polar surface area (TPSA) is 23.6 Å². The minimum atomic E-state index is 0.380. The van der Waals surface area contributed by atoms with Crippen LogP contribution in [0.5, 0.6) is 0 Å². The molecule has 0 saturated carbocycles. The van der Waals surface area contributed by atoms with Crippen LogP contribution in [0.4, 0.5) is 0 Å². The number of hydrogen-bond acceptors (Lipinski definition) is 2. The Morgan fingerprint density at radius 1 is 0.952 bits per heavy atom. The van der Waals surface area contributed by atoms with E-state index in [4.69, 9.17) is 0 Å². The van der Waals surface area contributed by atoms with Gasteiger partial charge in [0.25, 0.3) is 0 Å². The van der Waals surface area contributed by atoms with E-state index in [1.165, 1.54) is 32.4 Å². The Morgan fingerprint density at radius 3 is 2.05 bits per heavy atom. The van der Waals surface area contributed by atoms with Crippen molar-refractivity contribution < 1.29 is 4.79 Å². The molecular formula is C18H34N2O. The van der Waals surface area contributed by atoms with Gasteiger partial charge in [-0.25, -0.2) is 0 Å².